The van der Waals surface area contributed by atoms with Crippen molar-refractivity contribution in [3.63, 3.8) is 0 Å². The van der Waals surface area contributed by atoms with Gasteiger partial charge in [-0.15, -0.1) is 0 Å². The van der Waals surface area contributed by atoms with Gasteiger partial charge in [-0.3, -0.25) is 9.78 Å². The minimum atomic E-state index is -0.0794. The van der Waals surface area contributed by atoms with Crippen LogP contribution in [0.2, 0.25) is 5.02 Å². The number of pyridine rings is 1. The maximum Gasteiger partial charge on any atom is 0.252 e. The zero-order chi connectivity index (χ0) is 13.5. The van der Waals surface area contributed by atoms with Crippen LogP contribution in [0.5, 0.6) is 0 Å². The van der Waals surface area contributed by atoms with Gasteiger partial charge in [-0.2, -0.15) is 0 Å². The Morgan fingerprint density at radius 2 is 2.00 bits per heavy atom. The molecule has 0 saturated carbocycles. The molecule has 0 fully saturated rings. The summed E-state index contributed by atoms with van der Waals surface area (Å²) in [5, 5.41) is 3.62. The first-order chi connectivity index (χ1) is 9.25. The Kier molecular flexibility index (Phi) is 4.93. The van der Waals surface area contributed by atoms with Gasteiger partial charge in [0.2, 0.25) is 0 Å². The van der Waals surface area contributed by atoms with Crippen LogP contribution in [-0.4, -0.2) is 17.4 Å². The lowest BCUT2D eigenvalue weighted by atomic mass is 10.1. The zero-order valence-electron chi connectivity index (χ0n) is 10.5. The molecule has 3 nitrogen and oxygen atoms in total. The highest BCUT2D eigenvalue weighted by molar-refractivity contribution is 6.30. The van der Waals surface area contributed by atoms with E-state index < -0.39 is 0 Å². The van der Waals surface area contributed by atoms with Crippen molar-refractivity contribution >= 4 is 17.5 Å². The first-order valence-corrected chi connectivity index (χ1v) is 6.56. The zero-order valence-corrected chi connectivity index (χ0v) is 11.2. The van der Waals surface area contributed by atoms with Gasteiger partial charge in [-0.25, -0.2) is 0 Å². The third kappa shape index (κ3) is 4.38. The molecule has 0 bridgehead atoms. The molecule has 1 heterocycles. The standard InChI is InChI=1S/C15H15ClN2O/c16-14-7-5-12(6-8-14)3-1-10-18-15(19)13-4-2-9-17-11-13/h2,4-9,11H,1,3,10H2,(H,18,19). The molecule has 1 aromatic carbocycles. The summed E-state index contributed by atoms with van der Waals surface area (Å²) in [6.07, 6.45) is 5.03. The van der Waals surface area contributed by atoms with Crippen molar-refractivity contribution in [1.29, 1.82) is 0 Å². The molecule has 0 aliphatic carbocycles. The minimum Gasteiger partial charge on any atom is -0.352 e. The second-order valence-electron chi connectivity index (χ2n) is 4.23. The molecule has 0 atom stereocenters. The number of carbonyl (C=O) groups excluding carboxylic acids is 1. The first-order valence-electron chi connectivity index (χ1n) is 6.18. The fraction of sp³-hybridized carbons (Fsp3) is 0.200. The maximum atomic E-state index is 11.7. The Balaban J connectivity index is 1.72. The molecule has 0 unspecified atom stereocenters. The Morgan fingerprint density at radius 1 is 1.21 bits per heavy atom. The van der Waals surface area contributed by atoms with Crippen LogP contribution in [-0.2, 0) is 6.42 Å². The molecule has 1 amide bonds. The molecule has 2 rings (SSSR count). The Hall–Kier alpha value is -1.87. The van der Waals surface area contributed by atoms with Crippen molar-refractivity contribution in [2.45, 2.75) is 12.8 Å². The van der Waals surface area contributed by atoms with Crippen LogP contribution in [0.4, 0.5) is 0 Å². The van der Waals surface area contributed by atoms with Gasteiger partial charge < -0.3 is 5.32 Å². The van der Waals surface area contributed by atoms with E-state index in [9.17, 15) is 4.79 Å². The molecule has 98 valence electrons. The number of aryl methyl sites for hydroxylation is 1. The van der Waals surface area contributed by atoms with Gasteiger partial charge in [0.25, 0.3) is 5.91 Å². The number of hydrogen-bond acceptors (Lipinski definition) is 2. The van der Waals surface area contributed by atoms with Crippen LogP contribution >= 0.6 is 11.6 Å². The van der Waals surface area contributed by atoms with Gasteiger partial charge >= 0.3 is 0 Å². The summed E-state index contributed by atoms with van der Waals surface area (Å²) in [5.74, 6) is -0.0794. The topological polar surface area (TPSA) is 42.0 Å². The van der Waals surface area contributed by atoms with Crippen molar-refractivity contribution in [3.05, 3.63) is 64.9 Å². The second kappa shape index (κ2) is 6.90. The number of aromatic nitrogens is 1. The van der Waals surface area contributed by atoms with Crippen LogP contribution in [0.1, 0.15) is 22.3 Å². The Labute approximate surface area is 117 Å². The average Bonchev–Trinajstić information content (AvgIpc) is 2.46. The molecule has 0 radical (unpaired) electrons. The minimum absolute atomic E-state index is 0.0794. The van der Waals surface area contributed by atoms with Gasteiger partial charge in [0.05, 0.1) is 5.56 Å². The summed E-state index contributed by atoms with van der Waals surface area (Å²) in [6.45, 7) is 0.649. The van der Waals surface area contributed by atoms with E-state index in [4.69, 9.17) is 11.6 Å². The highest BCUT2D eigenvalue weighted by atomic mass is 35.5. The SMILES string of the molecule is O=C(NCCCc1ccc(Cl)cc1)c1cccnc1. The predicted molar refractivity (Wildman–Crippen MR) is 76.3 cm³/mol. The second-order valence-corrected chi connectivity index (χ2v) is 4.66. The number of nitrogens with one attached hydrogen (secondary N) is 1. The highest BCUT2D eigenvalue weighted by Crippen LogP contribution is 2.10. The van der Waals surface area contributed by atoms with Crippen LogP contribution in [0, 0.1) is 0 Å². The van der Waals surface area contributed by atoms with Crippen molar-refractivity contribution in [3.8, 4) is 0 Å². The molecule has 0 aliphatic rings. The molecule has 1 aromatic heterocycles. The van der Waals surface area contributed by atoms with E-state index in [1.807, 2.05) is 24.3 Å². The van der Waals surface area contributed by atoms with Crippen LogP contribution in [0.3, 0.4) is 0 Å². The monoisotopic (exact) mass is 274 g/mol. The van der Waals surface area contributed by atoms with E-state index in [-0.39, 0.29) is 5.91 Å². The van der Waals surface area contributed by atoms with Gasteiger partial charge in [0.15, 0.2) is 0 Å². The largest absolute Gasteiger partial charge is 0.352 e. The normalized spacial score (nSPS) is 10.2. The number of halogens is 1. The smallest absolute Gasteiger partial charge is 0.252 e. The summed E-state index contributed by atoms with van der Waals surface area (Å²) in [5.41, 5.74) is 1.81. The number of hydrogen-bond donors (Lipinski definition) is 1. The highest BCUT2D eigenvalue weighted by Gasteiger charge is 2.03. The summed E-state index contributed by atoms with van der Waals surface area (Å²) in [7, 11) is 0. The predicted octanol–water partition coefficient (Wildman–Crippen LogP) is 3.10. The van der Waals surface area contributed by atoms with E-state index in [1.54, 1.807) is 24.5 Å². The Bertz CT molecular complexity index is 526. The fourth-order valence-corrected chi connectivity index (χ4v) is 1.87. The lowest BCUT2D eigenvalue weighted by molar-refractivity contribution is 0.0953. The molecule has 0 aliphatic heterocycles. The molecule has 2 aromatic rings. The third-order valence-electron chi connectivity index (χ3n) is 2.76. The molecule has 4 heteroatoms. The average molecular weight is 275 g/mol. The van der Waals surface area contributed by atoms with Gasteiger partial charge in [-0.1, -0.05) is 23.7 Å². The van der Waals surface area contributed by atoms with Crippen molar-refractivity contribution in [2.75, 3.05) is 6.54 Å². The fourth-order valence-electron chi connectivity index (χ4n) is 1.74. The van der Waals surface area contributed by atoms with E-state index in [1.165, 1.54) is 5.56 Å². The lowest BCUT2D eigenvalue weighted by Gasteiger charge is -2.05. The van der Waals surface area contributed by atoms with Gasteiger partial charge in [0, 0.05) is 24.0 Å². The van der Waals surface area contributed by atoms with Crippen molar-refractivity contribution < 1.29 is 4.79 Å². The summed E-state index contributed by atoms with van der Waals surface area (Å²) in [6, 6.07) is 11.3. The maximum absolute atomic E-state index is 11.7. The van der Waals surface area contributed by atoms with Gasteiger partial charge in [0.1, 0.15) is 0 Å². The van der Waals surface area contributed by atoms with E-state index in [0.29, 0.717) is 12.1 Å². The number of amides is 1. The quantitative estimate of drug-likeness (QED) is 0.852. The molecular weight excluding hydrogens is 260 g/mol. The number of rotatable bonds is 5. The van der Waals surface area contributed by atoms with Crippen LogP contribution in [0.25, 0.3) is 0 Å². The van der Waals surface area contributed by atoms with Crippen molar-refractivity contribution in [2.24, 2.45) is 0 Å². The lowest BCUT2D eigenvalue weighted by Crippen LogP contribution is -2.24. The Morgan fingerprint density at radius 3 is 2.68 bits per heavy atom. The molecule has 0 saturated heterocycles. The van der Waals surface area contributed by atoms with Crippen LogP contribution < -0.4 is 5.32 Å². The van der Waals surface area contributed by atoms with Crippen LogP contribution in [0.15, 0.2) is 48.8 Å². The first kappa shape index (κ1) is 13.6. The number of nitrogens with zero attached hydrogens (tertiary/aromatic N) is 1. The van der Waals surface area contributed by atoms with E-state index in [2.05, 4.69) is 10.3 Å². The van der Waals surface area contributed by atoms with Gasteiger partial charge in [-0.05, 0) is 42.7 Å². The van der Waals surface area contributed by atoms with Crippen molar-refractivity contribution in [1.82, 2.24) is 10.3 Å². The summed E-state index contributed by atoms with van der Waals surface area (Å²) < 4.78 is 0. The number of carbonyl (C=O) groups is 1. The third-order valence-corrected chi connectivity index (χ3v) is 3.02. The summed E-state index contributed by atoms with van der Waals surface area (Å²) >= 11 is 5.82. The van der Waals surface area contributed by atoms with E-state index in [0.717, 1.165) is 17.9 Å². The summed E-state index contributed by atoms with van der Waals surface area (Å²) in [4.78, 5) is 15.6. The molecular formula is C15H15ClN2O. The molecule has 0 spiro atoms. The molecule has 19 heavy (non-hydrogen) atoms. The molecule has 1 N–H and O–H groups in total. The number of benzene rings is 1. The van der Waals surface area contributed by atoms with E-state index >= 15 is 0 Å².